The number of nitrogens with one attached hydrogen (secondary N) is 2. The number of hydrogen-bond donors (Lipinski definition) is 2. The Labute approximate surface area is 110 Å². The molecule has 94 valence electrons. The second-order valence-corrected chi connectivity index (χ2v) is 4.44. The minimum Gasteiger partial charge on any atom is -0.349 e. The Morgan fingerprint density at radius 2 is 2.00 bits per heavy atom. The highest BCUT2D eigenvalue weighted by Crippen LogP contribution is 2.14. The van der Waals surface area contributed by atoms with Crippen molar-refractivity contribution in [3.8, 4) is 0 Å². The summed E-state index contributed by atoms with van der Waals surface area (Å²) in [5, 5.41) is 2.85. The van der Waals surface area contributed by atoms with Crippen LogP contribution in [0.3, 0.4) is 0 Å². The van der Waals surface area contributed by atoms with Crippen molar-refractivity contribution in [1.82, 2.24) is 9.97 Å². The molecule has 0 spiro atoms. The van der Waals surface area contributed by atoms with Crippen LogP contribution in [0, 0.1) is 6.92 Å². The molecule has 4 heteroatoms. The van der Waals surface area contributed by atoms with Crippen LogP contribution in [0.2, 0.25) is 0 Å². The summed E-state index contributed by atoms with van der Waals surface area (Å²) in [6.45, 7) is 2.01. The molecular formula is C15H13N3O. The molecule has 2 heterocycles. The lowest BCUT2D eigenvalue weighted by molar-refractivity contribution is 0.102. The van der Waals surface area contributed by atoms with Gasteiger partial charge in [0.05, 0.1) is 11.0 Å². The second kappa shape index (κ2) is 4.57. The van der Waals surface area contributed by atoms with Crippen molar-refractivity contribution in [2.24, 2.45) is 0 Å². The molecule has 0 saturated carbocycles. The standard InChI is InChI=1S/C15H13N3O/c1-10-4-6-11(7-5-10)17-15(19)14-9-13-12(18-14)3-2-8-16-13/h2-9,18H,1H3,(H,17,19). The van der Waals surface area contributed by atoms with Crippen LogP contribution in [0.15, 0.2) is 48.7 Å². The summed E-state index contributed by atoms with van der Waals surface area (Å²) in [5.41, 5.74) is 4.09. The third-order valence-electron chi connectivity index (χ3n) is 2.94. The lowest BCUT2D eigenvalue weighted by atomic mass is 10.2. The molecule has 1 amide bonds. The van der Waals surface area contributed by atoms with E-state index in [-0.39, 0.29) is 5.91 Å². The number of fused-ring (bicyclic) bond motifs is 1. The van der Waals surface area contributed by atoms with Gasteiger partial charge in [-0.3, -0.25) is 9.78 Å². The first kappa shape index (κ1) is 11.5. The number of anilines is 1. The molecule has 0 fully saturated rings. The zero-order chi connectivity index (χ0) is 13.2. The average Bonchev–Trinajstić information content (AvgIpc) is 2.85. The van der Waals surface area contributed by atoms with E-state index in [1.807, 2.05) is 43.3 Å². The van der Waals surface area contributed by atoms with E-state index in [0.717, 1.165) is 22.3 Å². The molecule has 2 N–H and O–H groups in total. The molecule has 0 saturated heterocycles. The fourth-order valence-corrected chi connectivity index (χ4v) is 1.91. The highest BCUT2D eigenvalue weighted by Gasteiger charge is 2.09. The third-order valence-corrected chi connectivity index (χ3v) is 2.94. The Morgan fingerprint density at radius 3 is 2.74 bits per heavy atom. The minimum atomic E-state index is -0.165. The molecule has 3 aromatic rings. The number of aryl methyl sites for hydroxylation is 1. The zero-order valence-corrected chi connectivity index (χ0v) is 10.5. The Kier molecular flexibility index (Phi) is 2.76. The number of carbonyl (C=O) groups is 1. The summed E-state index contributed by atoms with van der Waals surface area (Å²) < 4.78 is 0. The van der Waals surface area contributed by atoms with Crippen molar-refractivity contribution in [3.63, 3.8) is 0 Å². The lowest BCUT2D eigenvalue weighted by Crippen LogP contribution is -2.12. The first-order chi connectivity index (χ1) is 9.22. The number of H-pyrrole nitrogens is 1. The van der Waals surface area contributed by atoms with Gasteiger partial charge in [0.15, 0.2) is 0 Å². The summed E-state index contributed by atoms with van der Waals surface area (Å²) in [5.74, 6) is -0.165. The van der Waals surface area contributed by atoms with E-state index in [0.29, 0.717) is 5.69 Å². The van der Waals surface area contributed by atoms with Gasteiger partial charge in [-0.2, -0.15) is 0 Å². The highest BCUT2D eigenvalue weighted by atomic mass is 16.1. The van der Waals surface area contributed by atoms with Gasteiger partial charge in [0.2, 0.25) is 0 Å². The van der Waals surface area contributed by atoms with Gasteiger partial charge in [0, 0.05) is 11.9 Å². The molecule has 0 bridgehead atoms. The fourth-order valence-electron chi connectivity index (χ4n) is 1.91. The molecule has 0 aliphatic carbocycles. The smallest absolute Gasteiger partial charge is 0.272 e. The number of aromatic amines is 1. The SMILES string of the molecule is Cc1ccc(NC(=O)c2cc3ncccc3[nH]2)cc1. The molecule has 3 rings (SSSR count). The van der Waals surface area contributed by atoms with E-state index in [1.54, 1.807) is 12.3 Å². The maximum absolute atomic E-state index is 12.1. The van der Waals surface area contributed by atoms with Crippen LogP contribution in [-0.2, 0) is 0 Å². The summed E-state index contributed by atoms with van der Waals surface area (Å²) in [4.78, 5) is 19.3. The van der Waals surface area contributed by atoms with Gasteiger partial charge in [-0.1, -0.05) is 17.7 Å². The monoisotopic (exact) mass is 251 g/mol. The number of nitrogens with zero attached hydrogens (tertiary/aromatic N) is 1. The Hall–Kier alpha value is -2.62. The van der Waals surface area contributed by atoms with E-state index in [1.165, 1.54) is 0 Å². The summed E-state index contributed by atoms with van der Waals surface area (Å²) in [6.07, 6.45) is 1.71. The Bertz CT molecular complexity index is 695. The molecule has 0 radical (unpaired) electrons. The maximum atomic E-state index is 12.1. The van der Waals surface area contributed by atoms with E-state index >= 15 is 0 Å². The van der Waals surface area contributed by atoms with Crippen LogP contribution in [0.25, 0.3) is 11.0 Å². The molecule has 19 heavy (non-hydrogen) atoms. The van der Waals surface area contributed by atoms with Crippen molar-refractivity contribution in [1.29, 1.82) is 0 Å². The van der Waals surface area contributed by atoms with Crippen LogP contribution in [0.5, 0.6) is 0 Å². The van der Waals surface area contributed by atoms with Crippen molar-refractivity contribution >= 4 is 22.6 Å². The van der Waals surface area contributed by atoms with Crippen LogP contribution in [0.1, 0.15) is 16.1 Å². The van der Waals surface area contributed by atoms with Crippen LogP contribution in [-0.4, -0.2) is 15.9 Å². The Morgan fingerprint density at radius 1 is 1.21 bits per heavy atom. The number of aromatic nitrogens is 2. The predicted molar refractivity (Wildman–Crippen MR) is 75.2 cm³/mol. The lowest BCUT2D eigenvalue weighted by Gasteiger charge is -2.03. The molecular weight excluding hydrogens is 238 g/mol. The molecule has 0 aliphatic rings. The average molecular weight is 251 g/mol. The van der Waals surface area contributed by atoms with E-state index < -0.39 is 0 Å². The molecule has 0 unspecified atom stereocenters. The first-order valence-corrected chi connectivity index (χ1v) is 6.04. The molecule has 4 nitrogen and oxygen atoms in total. The number of benzene rings is 1. The van der Waals surface area contributed by atoms with Crippen molar-refractivity contribution < 1.29 is 4.79 Å². The predicted octanol–water partition coefficient (Wildman–Crippen LogP) is 3.12. The van der Waals surface area contributed by atoms with Crippen molar-refractivity contribution in [2.75, 3.05) is 5.32 Å². The summed E-state index contributed by atoms with van der Waals surface area (Å²) in [6, 6.07) is 13.2. The van der Waals surface area contributed by atoms with E-state index in [2.05, 4.69) is 15.3 Å². The van der Waals surface area contributed by atoms with E-state index in [9.17, 15) is 4.79 Å². The maximum Gasteiger partial charge on any atom is 0.272 e. The normalized spacial score (nSPS) is 10.6. The number of hydrogen-bond acceptors (Lipinski definition) is 2. The summed E-state index contributed by atoms with van der Waals surface area (Å²) >= 11 is 0. The third kappa shape index (κ3) is 2.33. The van der Waals surface area contributed by atoms with Gasteiger partial charge in [0.1, 0.15) is 5.69 Å². The van der Waals surface area contributed by atoms with Gasteiger partial charge in [-0.15, -0.1) is 0 Å². The number of rotatable bonds is 2. The quantitative estimate of drug-likeness (QED) is 0.735. The fraction of sp³-hybridized carbons (Fsp3) is 0.0667. The highest BCUT2D eigenvalue weighted by molar-refractivity contribution is 6.05. The van der Waals surface area contributed by atoms with Gasteiger partial charge >= 0.3 is 0 Å². The van der Waals surface area contributed by atoms with Gasteiger partial charge in [-0.05, 0) is 37.3 Å². The van der Waals surface area contributed by atoms with Crippen LogP contribution >= 0.6 is 0 Å². The van der Waals surface area contributed by atoms with Gasteiger partial charge < -0.3 is 10.3 Å². The van der Waals surface area contributed by atoms with Gasteiger partial charge in [0.25, 0.3) is 5.91 Å². The molecule has 2 aromatic heterocycles. The van der Waals surface area contributed by atoms with Crippen LogP contribution < -0.4 is 5.32 Å². The first-order valence-electron chi connectivity index (χ1n) is 6.04. The van der Waals surface area contributed by atoms with Crippen molar-refractivity contribution in [2.45, 2.75) is 6.92 Å². The number of pyridine rings is 1. The minimum absolute atomic E-state index is 0.165. The van der Waals surface area contributed by atoms with Gasteiger partial charge in [-0.25, -0.2) is 0 Å². The number of carbonyl (C=O) groups excluding carboxylic acids is 1. The number of amides is 1. The Balaban J connectivity index is 1.85. The molecule has 1 aromatic carbocycles. The van der Waals surface area contributed by atoms with Crippen molar-refractivity contribution in [3.05, 3.63) is 59.9 Å². The molecule has 0 atom stereocenters. The largest absolute Gasteiger partial charge is 0.349 e. The topological polar surface area (TPSA) is 57.8 Å². The van der Waals surface area contributed by atoms with E-state index in [4.69, 9.17) is 0 Å². The summed E-state index contributed by atoms with van der Waals surface area (Å²) in [7, 11) is 0. The molecule has 0 aliphatic heterocycles. The second-order valence-electron chi connectivity index (χ2n) is 4.44. The van der Waals surface area contributed by atoms with Crippen LogP contribution in [0.4, 0.5) is 5.69 Å². The zero-order valence-electron chi connectivity index (χ0n) is 10.5.